The zero-order chi connectivity index (χ0) is 14.7. The monoisotopic (exact) mass is 297 g/mol. The largest absolute Gasteiger partial charge is 0.478 e. The van der Waals surface area contributed by atoms with E-state index in [1.807, 2.05) is 0 Å². The zero-order valence-corrected chi connectivity index (χ0v) is 10.3. The number of hydrogen-bond acceptors (Lipinski definition) is 3. The van der Waals surface area contributed by atoms with E-state index in [1.54, 1.807) is 4.72 Å². The molecule has 106 valence electrons. The average molecular weight is 297 g/mol. The Kier molecular flexibility index (Phi) is 4.53. The van der Waals surface area contributed by atoms with Gasteiger partial charge in [0.25, 0.3) is 0 Å². The molecule has 0 aliphatic carbocycles. The average Bonchev–Trinajstić information content (AvgIpc) is 2.24. The summed E-state index contributed by atoms with van der Waals surface area (Å²) in [6.45, 7) is -0.335. The second kappa shape index (κ2) is 5.57. The summed E-state index contributed by atoms with van der Waals surface area (Å²) in [5.74, 6) is -3.10. The van der Waals surface area contributed by atoms with Crippen molar-refractivity contribution in [2.45, 2.75) is 12.7 Å². The Hall–Kier alpha value is -1.61. The molecule has 0 saturated heterocycles. The van der Waals surface area contributed by atoms with Crippen LogP contribution in [0, 0.1) is 0 Å². The molecule has 0 fully saturated rings. The van der Waals surface area contributed by atoms with Crippen molar-refractivity contribution in [3.8, 4) is 0 Å². The first-order valence-electron chi connectivity index (χ1n) is 4.95. The zero-order valence-electron chi connectivity index (χ0n) is 9.44. The predicted molar refractivity (Wildman–Crippen MR) is 60.1 cm³/mol. The van der Waals surface area contributed by atoms with Crippen LogP contribution in [0.2, 0.25) is 0 Å². The van der Waals surface area contributed by atoms with Crippen molar-refractivity contribution >= 4 is 16.0 Å². The highest BCUT2D eigenvalue weighted by Crippen LogP contribution is 2.16. The molecule has 0 heterocycles. The molecular weight excluding hydrogens is 287 g/mol. The number of rotatable bonds is 5. The van der Waals surface area contributed by atoms with Crippen LogP contribution in [-0.4, -0.2) is 31.4 Å². The summed E-state index contributed by atoms with van der Waals surface area (Å²) < 4.78 is 59.7. The van der Waals surface area contributed by atoms with Crippen molar-refractivity contribution in [2.24, 2.45) is 0 Å². The standard InChI is InChI=1S/C10H10F3NO4S/c11-10(12,13)6-19(17,18)14-5-7-1-3-8(4-2-7)9(15)16/h1-4,14H,5-6H2,(H,15,16). The van der Waals surface area contributed by atoms with Crippen molar-refractivity contribution in [1.29, 1.82) is 0 Å². The van der Waals surface area contributed by atoms with Gasteiger partial charge in [0.2, 0.25) is 10.0 Å². The first-order chi connectivity index (χ1) is 8.59. The lowest BCUT2D eigenvalue weighted by atomic mass is 10.1. The van der Waals surface area contributed by atoms with Crippen molar-refractivity contribution in [3.05, 3.63) is 35.4 Å². The van der Waals surface area contributed by atoms with Crippen LogP contribution in [0.5, 0.6) is 0 Å². The van der Waals surface area contributed by atoms with Crippen LogP contribution in [0.25, 0.3) is 0 Å². The highest BCUT2D eigenvalue weighted by atomic mass is 32.2. The van der Waals surface area contributed by atoms with Gasteiger partial charge in [0, 0.05) is 6.54 Å². The molecule has 0 aliphatic heterocycles. The highest BCUT2D eigenvalue weighted by Gasteiger charge is 2.34. The third-order valence-electron chi connectivity index (χ3n) is 2.05. The minimum Gasteiger partial charge on any atom is -0.478 e. The van der Waals surface area contributed by atoms with E-state index in [2.05, 4.69) is 0 Å². The SMILES string of the molecule is O=C(O)c1ccc(CNS(=O)(=O)CC(F)(F)F)cc1. The van der Waals surface area contributed by atoms with E-state index >= 15 is 0 Å². The van der Waals surface area contributed by atoms with E-state index in [1.165, 1.54) is 24.3 Å². The van der Waals surface area contributed by atoms with Crippen LogP contribution in [0.4, 0.5) is 13.2 Å². The minimum absolute atomic E-state index is 0.00176. The molecule has 2 N–H and O–H groups in total. The van der Waals surface area contributed by atoms with Gasteiger partial charge in [-0.15, -0.1) is 0 Å². The number of carboxylic acid groups (broad SMARTS) is 1. The van der Waals surface area contributed by atoms with Gasteiger partial charge in [-0.2, -0.15) is 13.2 Å². The molecule has 0 radical (unpaired) electrons. The number of nitrogens with one attached hydrogen (secondary N) is 1. The van der Waals surface area contributed by atoms with Crippen LogP contribution in [0.1, 0.15) is 15.9 Å². The molecule has 1 aromatic carbocycles. The molecule has 9 heteroatoms. The van der Waals surface area contributed by atoms with Gasteiger partial charge in [0.1, 0.15) is 0 Å². The van der Waals surface area contributed by atoms with Crippen LogP contribution < -0.4 is 4.72 Å². The second-order valence-corrected chi connectivity index (χ2v) is 5.50. The second-order valence-electron chi connectivity index (χ2n) is 3.70. The summed E-state index contributed by atoms with van der Waals surface area (Å²) in [5, 5.41) is 8.63. The van der Waals surface area contributed by atoms with Gasteiger partial charge in [-0.05, 0) is 17.7 Å². The normalized spacial score (nSPS) is 12.4. The molecule has 0 saturated carbocycles. The summed E-state index contributed by atoms with van der Waals surface area (Å²) in [5.41, 5.74) is 0.359. The maximum Gasteiger partial charge on any atom is 0.404 e. The number of halogens is 3. The summed E-state index contributed by atoms with van der Waals surface area (Å²) >= 11 is 0. The van der Waals surface area contributed by atoms with Crippen LogP contribution in [-0.2, 0) is 16.6 Å². The predicted octanol–water partition coefficient (Wildman–Crippen LogP) is 1.37. The van der Waals surface area contributed by atoms with Crippen molar-refractivity contribution in [2.75, 3.05) is 5.75 Å². The van der Waals surface area contributed by atoms with Crippen LogP contribution >= 0.6 is 0 Å². The lowest BCUT2D eigenvalue weighted by Gasteiger charge is -2.09. The van der Waals surface area contributed by atoms with Crippen molar-refractivity contribution in [3.63, 3.8) is 0 Å². The molecule has 0 bridgehead atoms. The number of carbonyl (C=O) groups is 1. The number of sulfonamides is 1. The quantitative estimate of drug-likeness (QED) is 0.859. The van der Waals surface area contributed by atoms with E-state index in [0.717, 1.165) is 0 Å². The summed E-state index contributed by atoms with van der Waals surface area (Å²) in [6, 6.07) is 5.10. The number of benzene rings is 1. The maximum absolute atomic E-state index is 11.9. The lowest BCUT2D eigenvalue weighted by Crippen LogP contribution is -2.33. The third-order valence-corrected chi connectivity index (χ3v) is 3.34. The number of alkyl halides is 3. The number of carboxylic acids is 1. The number of hydrogen-bond donors (Lipinski definition) is 2. The maximum atomic E-state index is 11.9. The Morgan fingerprint density at radius 3 is 2.16 bits per heavy atom. The van der Waals surface area contributed by atoms with E-state index < -0.39 is 27.9 Å². The van der Waals surface area contributed by atoms with Crippen LogP contribution in [0.15, 0.2) is 24.3 Å². The number of aromatic carboxylic acids is 1. The van der Waals surface area contributed by atoms with Gasteiger partial charge in [-0.1, -0.05) is 12.1 Å². The van der Waals surface area contributed by atoms with Crippen LogP contribution in [0.3, 0.4) is 0 Å². The molecule has 19 heavy (non-hydrogen) atoms. The van der Waals surface area contributed by atoms with Gasteiger partial charge in [0.05, 0.1) is 5.56 Å². The Labute approximate surface area is 107 Å². The Bertz CT molecular complexity index is 551. The first kappa shape index (κ1) is 15.4. The molecule has 1 aromatic rings. The van der Waals surface area contributed by atoms with E-state index in [0.29, 0.717) is 5.56 Å². The molecule has 0 aromatic heterocycles. The highest BCUT2D eigenvalue weighted by molar-refractivity contribution is 7.89. The lowest BCUT2D eigenvalue weighted by molar-refractivity contribution is -0.106. The fourth-order valence-corrected chi connectivity index (χ4v) is 2.14. The Balaban J connectivity index is 2.64. The molecule has 0 atom stereocenters. The Morgan fingerprint density at radius 2 is 1.74 bits per heavy atom. The molecule has 0 spiro atoms. The van der Waals surface area contributed by atoms with Gasteiger partial charge in [-0.3, -0.25) is 0 Å². The topological polar surface area (TPSA) is 83.5 Å². The van der Waals surface area contributed by atoms with E-state index in [9.17, 15) is 26.4 Å². The molecule has 5 nitrogen and oxygen atoms in total. The van der Waals surface area contributed by atoms with Gasteiger partial charge < -0.3 is 5.11 Å². The molecule has 0 amide bonds. The first-order valence-corrected chi connectivity index (χ1v) is 6.61. The summed E-state index contributed by atoms with van der Waals surface area (Å²) in [4.78, 5) is 10.5. The van der Waals surface area contributed by atoms with Gasteiger partial charge in [0.15, 0.2) is 5.75 Å². The van der Waals surface area contributed by atoms with Gasteiger partial charge >= 0.3 is 12.1 Å². The van der Waals surface area contributed by atoms with Crippen molar-refractivity contribution < 1.29 is 31.5 Å². The molecule has 0 unspecified atom stereocenters. The molecular formula is C10H10F3NO4S. The summed E-state index contributed by atoms with van der Waals surface area (Å²) in [6.07, 6.45) is -4.81. The van der Waals surface area contributed by atoms with Crippen molar-refractivity contribution in [1.82, 2.24) is 4.72 Å². The fraction of sp³-hybridized carbons (Fsp3) is 0.300. The molecule has 0 aliphatic rings. The third kappa shape index (κ3) is 5.71. The van der Waals surface area contributed by atoms with Gasteiger partial charge in [-0.25, -0.2) is 17.9 Å². The Morgan fingerprint density at radius 1 is 1.21 bits per heavy atom. The molecule has 1 rings (SSSR count). The minimum atomic E-state index is -4.81. The summed E-state index contributed by atoms with van der Waals surface area (Å²) in [7, 11) is -4.46. The smallest absolute Gasteiger partial charge is 0.404 e. The fourth-order valence-electron chi connectivity index (χ4n) is 1.22. The van der Waals surface area contributed by atoms with E-state index in [4.69, 9.17) is 5.11 Å². The van der Waals surface area contributed by atoms with E-state index in [-0.39, 0.29) is 12.1 Å².